The topological polar surface area (TPSA) is 67.2 Å². The Morgan fingerprint density at radius 1 is 1.00 bits per heavy atom. The summed E-state index contributed by atoms with van der Waals surface area (Å²) in [5, 5.41) is 7.68. The van der Waals surface area contributed by atoms with Crippen LogP contribution in [0, 0.1) is 25.7 Å². The van der Waals surface area contributed by atoms with Crippen molar-refractivity contribution in [2.24, 2.45) is 11.8 Å². The van der Waals surface area contributed by atoms with Crippen LogP contribution in [0.3, 0.4) is 0 Å². The summed E-state index contributed by atoms with van der Waals surface area (Å²) in [5.41, 5.74) is 3.50. The third-order valence-corrected chi connectivity index (χ3v) is 5.64. The molecule has 2 heterocycles. The minimum absolute atomic E-state index is 0.0346. The van der Waals surface area contributed by atoms with Crippen molar-refractivity contribution in [3.05, 3.63) is 41.7 Å². The molecule has 0 unspecified atom stereocenters. The minimum Gasteiger partial charge on any atom is -0.342 e. The van der Waals surface area contributed by atoms with Gasteiger partial charge in [0.25, 0.3) is 0 Å². The number of rotatable bonds is 4. The van der Waals surface area contributed by atoms with Gasteiger partial charge in [0.15, 0.2) is 0 Å². The molecule has 1 aromatic carbocycles. The summed E-state index contributed by atoms with van der Waals surface area (Å²) in [4.78, 5) is 26.9. The number of anilines is 1. The summed E-state index contributed by atoms with van der Waals surface area (Å²) in [6.07, 6.45) is 3.52. The second kappa shape index (κ2) is 7.18. The predicted molar refractivity (Wildman–Crippen MR) is 104 cm³/mol. The zero-order valence-electron chi connectivity index (χ0n) is 15.9. The molecule has 1 aliphatic carbocycles. The lowest BCUT2D eigenvalue weighted by atomic mass is 9.95. The first-order valence-electron chi connectivity index (χ1n) is 9.76. The number of aryl methyl sites for hydroxylation is 1. The standard InChI is InChI=1S/C21H26N4O2/c1-14-19(15(2)25(23-14)18-6-4-3-5-7-18)22-20(26)16-10-12-24(13-11-16)21(27)17-8-9-17/h3-7,16-17H,8-13H2,1-2H3,(H,22,26). The molecule has 2 aromatic rings. The van der Waals surface area contributed by atoms with E-state index in [-0.39, 0.29) is 23.7 Å². The normalized spacial score (nSPS) is 17.8. The summed E-state index contributed by atoms with van der Waals surface area (Å²) >= 11 is 0. The van der Waals surface area contributed by atoms with E-state index in [1.165, 1.54) is 0 Å². The highest BCUT2D eigenvalue weighted by atomic mass is 16.2. The molecule has 0 spiro atoms. The lowest BCUT2D eigenvalue weighted by Crippen LogP contribution is -2.42. The van der Waals surface area contributed by atoms with E-state index in [4.69, 9.17) is 0 Å². The second-order valence-electron chi connectivity index (χ2n) is 7.66. The zero-order valence-corrected chi connectivity index (χ0v) is 15.9. The first-order chi connectivity index (χ1) is 13.0. The van der Waals surface area contributed by atoms with Gasteiger partial charge < -0.3 is 10.2 Å². The molecule has 1 aromatic heterocycles. The van der Waals surface area contributed by atoms with Crippen molar-refractivity contribution in [1.82, 2.24) is 14.7 Å². The van der Waals surface area contributed by atoms with Crippen LogP contribution in [-0.2, 0) is 9.59 Å². The van der Waals surface area contributed by atoms with Crippen LogP contribution >= 0.6 is 0 Å². The van der Waals surface area contributed by atoms with E-state index in [0.29, 0.717) is 13.1 Å². The maximum atomic E-state index is 12.8. The van der Waals surface area contributed by atoms with E-state index in [0.717, 1.165) is 48.4 Å². The molecule has 2 aliphatic rings. The van der Waals surface area contributed by atoms with Crippen molar-refractivity contribution in [1.29, 1.82) is 0 Å². The van der Waals surface area contributed by atoms with Crippen molar-refractivity contribution in [3.63, 3.8) is 0 Å². The molecule has 6 heteroatoms. The van der Waals surface area contributed by atoms with Gasteiger partial charge in [-0.3, -0.25) is 9.59 Å². The van der Waals surface area contributed by atoms with Crippen LogP contribution < -0.4 is 5.32 Å². The number of para-hydroxylation sites is 1. The average molecular weight is 366 g/mol. The quantitative estimate of drug-likeness (QED) is 0.904. The predicted octanol–water partition coefficient (Wildman–Crippen LogP) is 3.08. The summed E-state index contributed by atoms with van der Waals surface area (Å²) in [6.45, 7) is 5.27. The number of nitrogens with zero attached hydrogens (tertiary/aromatic N) is 3. The molecule has 27 heavy (non-hydrogen) atoms. The van der Waals surface area contributed by atoms with Gasteiger partial charge in [-0.1, -0.05) is 18.2 Å². The fourth-order valence-electron chi connectivity index (χ4n) is 3.82. The number of carbonyl (C=O) groups excluding carboxylic acids is 2. The Kier molecular flexibility index (Phi) is 4.72. The monoisotopic (exact) mass is 366 g/mol. The van der Waals surface area contributed by atoms with Gasteiger partial charge in [0.1, 0.15) is 0 Å². The maximum Gasteiger partial charge on any atom is 0.227 e. The Labute approximate surface area is 159 Å². The van der Waals surface area contributed by atoms with Crippen molar-refractivity contribution in [3.8, 4) is 5.69 Å². The van der Waals surface area contributed by atoms with Gasteiger partial charge in [-0.15, -0.1) is 0 Å². The summed E-state index contributed by atoms with van der Waals surface area (Å²) in [7, 11) is 0. The van der Waals surface area contributed by atoms with Crippen LogP contribution in [0.4, 0.5) is 5.69 Å². The van der Waals surface area contributed by atoms with Gasteiger partial charge in [-0.2, -0.15) is 5.10 Å². The number of amides is 2. The highest BCUT2D eigenvalue weighted by Crippen LogP contribution is 2.33. The Morgan fingerprint density at radius 3 is 2.30 bits per heavy atom. The Hall–Kier alpha value is -2.63. The number of likely N-dealkylation sites (tertiary alicyclic amines) is 1. The molecule has 0 bridgehead atoms. The third-order valence-electron chi connectivity index (χ3n) is 5.64. The second-order valence-corrected chi connectivity index (χ2v) is 7.66. The van der Waals surface area contributed by atoms with Crippen molar-refractivity contribution < 1.29 is 9.59 Å². The Morgan fingerprint density at radius 2 is 1.67 bits per heavy atom. The summed E-state index contributed by atoms with van der Waals surface area (Å²) < 4.78 is 1.86. The van der Waals surface area contributed by atoms with Crippen molar-refractivity contribution in [2.45, 2.75) is 39.5 Å². The molecule has 1 saturated heterocycles. The van der Waals surface area contributed by atoms with Crippen molar-refractivity contribution in [2.75, 3.05) is 18.4 Å². The van der Waals surface area contributed by atoms with E-state index in [2.05, 4.69) is 10.4 Å². The molecule has 6 nitrogen and oxygen atoms in total. The number of benzene rings is 1. The molecular weight excluding hydrogens is 340 g/mol. The van der Waals surface area contributed by atoms with Crippen LogP contribution in [0.25, 0.3) is 5.69 Å². The number of nitrogens with one attached hydrogen (secondary N) is 1. The molecule has 0 radical (unpaired) electrons. The molecule has 1 aliphatic heterocycles. The van der Waals surface area contributed by atoms with Crippen LogP contribution in [0.5, 0.6) is 0 Å². The minimum atomic E-state index is -0.0490. The van der Waals surface area contributed by atoms with E-state index < -0.39 is 0 Å². The molecule has 1 saturated carbocycles. The number of carbonyl (C=O) groups is 2. The van der Waals surface area contributed by atoms with E-state index in [9.17, 15) is 9.59 Å². The van der Waals surface area contributed by atoms with Gasteiger partial charge >= 0.3 is 0 Å². The largest absolute Gasteiger partial charge is 0.342 e. The molecule has 4 rings (SSSR count). The van der Waals surface area contributed by atoms with Gasteiger partial charge in [-0.05, 0) is 51.7 Å². The Balaban J connectivity index is 1.41. The number of piperidine rings is 1. The van der Waals surface area contributed by atoms with Gasteiger partial charge in [-0.25, -0.2) is 4.68 Å². The fraction of sp³-hybridized carbons (Fsp3) is 0.476. The number of aromatic nitrogens is 2. The lowest BCUT2D eigenvalue weighted by Gasteiger charge is -2.31. The van der Waals surface area contributed by atoms with Crippen LogP contribution in [0.1, 0.15) is 37.1 Å². The number of hydrogen-bond donors (Lipinski definition) is 1. The molecule has 1 N–H and O–H groups in total. The Bertz CT molecular complexity index is 847. The number of hydrogen-bond acceptors (Lipinski definition) is 3. The van der Waals surface area contributed by atoms with E-state index in [1.807, 2.05) is 53.8 Å². The smallest absolute Gasteiger partial charge is 0.227 e. The highest BCUT2D eigenvalue weighted by molar-refractivity contribution is 5.94. The molecule has 0 atom stereocenters. The van der Waals surface area contributed by atoms with Crippen LogP contribution in [0.2, 0.25) is 0 Å². The summed E-state index contributed by atoms with van der Waals surface area (Å²) in [5.74, 6) is 0.522. The van der Waals surface area contributed by atoms with E-state index in [1.54, 1.807) is 0 Å². The zero-order chi connectivity index (χ0) is 19.0. The first-order valence-corrected chi connectivity index (χ1v) is 9.76. The third kappa shape index (κ3) is 3.61. The highest BCUT2D eigenvalue weighted by Gasteiger charge is 2.36. The van der Waals surface area contributed by atoms with E-state index >= 15 is 0 Å². The van der Waals surface area contributed by atoms with Gasteiger partial charge in [0.2, 0.25) is 11.8 Å². The molecular formula is C21H26N4O2. The van der Waals surface area contributed by atoms with Gasteiger partial charge in [0, 0.05) is 24.9 Å². The average Bonchev–Trinajstić information content (AvgIpc) is 3.51. The molecule has 2 fully saturated rings. The fourth-order valence-corrected chi connectivity index (χ4v) is 3.82. The first kappa shape index (κ1) is 17.8. The van der Waals surface area contributed by atoms with Crippen molar-refractivity contribution >= 4 is 17.5 Å². The summed E-state index contributed by atoms with van der Waals surface area (Å²) in [6, 6.07) is 9.91. The van der Waals surface area contributed by atoms with Gasteiger partial charge in [0.05, 0.1) is 22.8 Å². The van der Waals surface area contributed by atoms with Crippen LogP contribution in [0.15, 0.2) is 30.3 Å². The lowest BCUT2D eigenvalue weighted by molar-refractivity contribution is -0.135. The maximum absolute atomic E-state index is 12.8. The SMILES string of the molecule is Cc1nn(-c2ccccc2)c(C)c1NC(=O)C1CCN(C(=O)C2CC2)CC1. The molecule has 2 amide bonds. The molecule has 142 valence electrons. The van der Waals surface area contributed by atoms with Crippen LogP contribution in [-0.4, -0.2) is 39.6 Å².